The van der Waals surface area contributed by atoms with Crippen LogP contribution < -0.4 is 20.1 Å². The Bertz CT molecular complexity index is 2050. The lowest BCUT2D eigenvalue weighted by Crippen LogP contribution is -2.58. The van der Waals surface area contributed by atoms with Gasteiger partial charge in [0.1, 0.15) is 34.6 Å². The molecule has 7 rings (SSSR count). The van der Waals surface area contributed by atoms with E-state index in [9.17, 15) is 27.6 Å². The molecule has 2 aromatic rings. The molecule has 5 atom stereocenters. The number of allylic oxidation sites excluding steroid dienone is 1. The predicted molar refractivity (Wildman–Crippen MR) is 202 cm³/mol. The van der Waals surface area contributed by atoms with Gasteiger partial charge in [0.2, 0.25) is 21.8 Å². The molecule has 5 unspecified atom stereocenters. The smallest absolute Gasteiger partial charge is 0.408 e. The van der Waals surface area contributed by atoms with Crippen LogP contribution in [0.2, 0.25) is 5.02 Å². The van der Waals surface area contributed by atoms with Crippen LogP contribution in [-0.4, -0.2) is 82.2 Å². The van der Waals surface area contributed by atoms with Crippen LogP contribution in [0.25, 0.3) is 10.9 Å². The van der Waals surface area contributed by atoms with Gasteiger partial charge in [0.05, 0.1) is 22.5 Å². The molecule has 15 heteroatoms. The highest BCUT2D eigenvalue weighted by Gasteiger charge is 2.64. The van der Waals surface area contributed by atoms with Gasteiger partial charge in [-0.15, -0.1) is 0 Å². The number of sulfonamides is 1. The van der Waals surface area contributed by atoms with Crippen molar-refractivity contribution in [2.24, 2.45) is 5.92 Å². The minimum absolute atomic E-state index is 0.0449. The molecule has 292 valence electrons. The van der Waals surface area contributed by atoms with Crippen LogP contribution in [0.4, 0.5) is 4.79 Å². The first-order valence-corrected chi connectivity index (χ1v) is 20.8. The highest BCUT2D eigenvalue weighted by molar-refractivity contribution is 7.91. The van der Waals surface area contributed by atoms with Gasteiger partial charge in [0, 0.05) is 28.3 Å². The van der Waals surface area contributed by atoms with E-state index in [-0.39, 0.29) is 19.4 Å². The van der Waals surface area contributed by atoms with Crippen molar-refractivity contribution >= 4 is 56.3 Å². The number of aryl methyl sites for hydroxylation is 2. The number of rotatable bonds is 4. The zero-order chi connectivity index (χ0) is 38.8. The monoisotopic (exact) mass is 783 g/mol. The molecule has 2 aliphatic carbocycles. The number of benzene rings is 1. The topological polar surface area (TPSA) is 173 Å². The number of hydrogen-bond acceptors (Lipinski definition) is 9. The van der Waals surface area contributed by atoms with E-state index >= 15 is 0 Å². The minimum atomic E-state index is -3.99. The summed E-state index contributed by atoms with van der Waals surface area (Å²) in [5, 5.41) is 7.20. The molecule has 0 bridgehead atoms. The van der Waals surface area contributed by atoms with Crippen molar-refractivity contribution in [1.29, 1.82) is 0 Å². The summed E-state index contributed by atoms with van der Waals surface area (Å²) in [4.78, 5) is 62.5. The third kappa shape index (κ3) is 7.39. The summed E-state index contributed by atoms with van der Waals surface area (Å²) in [5.41, 5.74) is -0.926. The molecule has 1 saturated heterocycles. The standard InChI is InChI=1S/C39H50ClN5O8S/c1-23-31-27(26-14-13-25(40)19-29(26)41-23)15-16-38(52-31)21-30-32(46)43-39(34(48)44-54(50,51)37(5)17-18-37)20-24(39)11-9-7-6-8-10-12-28(33(47)45(30)22-38)42-35(49)53-36(2,3)4/h9,11,13-14,19,24,28,30H,6-8,10,12,15-18,20-22H2,1-5H3,(H,42,49)(H,43,46)(H,44,48). The zero-order valence-corrected chi connectivity index (χ0v) is 33.1. The normalized spacial score (nSPS) is 29.4. The molecule has 5 aliphatic rings. The lowest BCUT2D eigenvalue weighted by atomic mass is 9.87. The molecule has 1 aromatic heterocycles. The van der Waals surface area contributed by atoms with Crippen molar-refractivity contribution in [1.82, 2.24) is 25.2 Å². The Kier molecular flexibility index (Phi) is 9.72. The van der Waals surface area contributed by atoms with Gasteiger partial charge in [-0.2, -0.15) is 0 Å². The van der Waals surface area contributed by atoms with Gasteiger partial charge in [-0.05, 0) is 98.1 Å². The molecule has 3 N–H and O–H groups in total. The lowest BCUT2D eigenvalue weighted by molar-refractivity contribution is -0.141. The Morgan fingerprint density at radius 3 is 2.59 bits per heavy atom. The number of nitrogens with one attached hydrogen (secondary N) is 3. The Morgan fingerprint density at radius 2 is 1.87 bits per heavy atom. The number of alkyl carbamates (subject to hydrolysis) is 1. The maximum absolute atomic E-state index is 14.7. The molecule has 54 heavy (non-hydrogen) atoms. The van der Waals surface area contributed by atoms with E-state index in [4.69, 9.17) is 26.1 Å². The molecule has 13 nitrogen and oxygen atoms in total. The fraction of sp³-hybridized carbons (Fsp3) is 0.615. The first-order chi connectivity index (χ1) is 25.3. The van der Waals surface area contributed by atoms with Gasteiger partial charge in [-0.25, -0.2) is 18.2 Å². The van der Waals surface area contributed by atoms with E-state index in [0.717, 1.165) is 29.3 Å². The first kappa shape index (κ1) is 38.4. The van der Waals surface area contributed by atoms with Crippen LogP contribution in [0, 0.1) is 12.8 Å². The number of hydrogen-bond donors (Lipinski definition) is 3. The molecule has 2 saturated carbocycles. The number of halogens is 1. The number of nitrogens with zero attached hydrogens (tertiary/aromatic N) is 2. The predicted octanol–water partition coefficient (Wildman–Crippen LogP) is 5.15. The Morgan fingerprint density at radius 1 is 1.11 bits per heavy atom. The molecule has 0 radical (unpaired) electrons. The Balaban J connectivity index is 1.23. The number of amides is 4. The number of aromatic nitrogens is 1. The van der Waals surface area contributed by atoms with Crippen molar-refractivity contribution < 1.29 is 37.1 Å². The van der Waals surface area contributed by atoms with Gasteiger partial charge in [-0.3, -0.25) is 19.1 Å². The van der Waals surface area contributed by atoms with Crippen molar-refractivity contribution in [3.8, 4) is 5.75 Å². The quantitative estimate of drug-likeness (QED) is 0.355. The average Bonchev–Trinajstić information content (AvgIpc) is 3.97. The summed E-state index contributed by atoms with van der Waals surface area (Å²) >= 11 is 6.28. The fourth-order valence-corrected chi connectivity index (χ4v) is 9.60. The van der Waals surface area contributed by atoms with E-state index in [2.05, 4.69) is 15.4 Å². The van der Waals surface area contributed by atoms with Crippen molar-refractivity contribution in [3.63, 3.8) is 0 Å². The van der Waals surface area contributed by atoms with Crippen LogP contribution in [0.15, 0.2) is 30.4 Å². The van der Waals surface area contributed by atoms with Crippen LogP contribution in [0.5, 0.6) is 5.75 Å². The maximum atomic E-state index is 14.7. The lowest BCUT2D eigenvalue weighted by Gasteiger charge is -2.36. The van der Waals surface area contributed by atoms with Gasteiger partial charge >= 0.3 is 6.09 Å². The number of fused-ring (bicyclic) bond motifs is 5. The maximum Gasteiger partial charge on any atom is 0.408 e. The molecular weight excluding hydrogens is 734 g/mol. The summed E-state index contributed by atoms with van der Waals surface area (Å²) in [6.45, 7) is 8.71. The van der Waals surface area contributed by atoms with Crippen molar-refractivity contribution in [2.45, 2.75) is 139 Å². The molecule has 3 aliphatic heterocycles. The average molecular weight is 784 g/mol. The van der Waals surface area contributed by atoms with Gasteiger partial charge in [-0.1, -0.05) is 42.7 Å². The second-order valence-electron chi connectivity index (χ2n) is 17.1. The fourth-order valence-electron chi connectivity index (χ4n) is 8.12. The molecule has 4 amide bonds. The zero-order valence-electron chi connectivity index (χ0n) is 31.6. The third-order valence-corrected chi connectivity index (χ3v) is 14.0. The largest absolute Gasteiger partial charge is 0.483 e. The van der Waals surface area contributed by atoms with E-state index < -0.39 is 73.3 Å². The first-order valence-electron chi connectivity index (χ1n) is 19.0. The summed E-state index contributed by atoms with van der Waals surface area (Å²) in [6, 6.07) is 3.45. The van der Waals surface area contributed by atoms with Gasteiger partial charge < -0.3 is 25.0 Å². The highest BCUT2D eigenvalue weighted by atomic mass is 35.5. The molecule has 1 aromatic carbocycles. The van der Waals surface area contributed by atoms with E-state index in [1.165, 1.54) is 4.90 Å². The van der Waals surface area contributed by atoms with Crippen molar-refractivity contribution in [3.05, 3.63) is 46.6 Å². The van der Waals surface area contributed by atoms with Crippen LogP contribution in [0.1, 0.15) is 103 Å². The summed E-state index contributed by atoms with van der Waals surface area (Å²) in [7, 11) is -3.99. The van der Waals surface area contributed by atoms with Crippen LogP contribution >= 0.6 is 11.6 Å². The third-order valence-electron chi connectivity index (χ3n) is 11.6. The van der Waals surface area contributed by atoms with E-state index in [1.807, 2.05) is 31.2 Å². The van der Waals surface area contributed by atoms with Gasteiger partial charge in [0.25, 0.3) is 5.91 Å². The van der Waals surface area contributed by atoms with Crippen LogP contribution in [0.3, 0.4) is 0 Å². The van der Waals surface area contributed by atoms with Gasteiger partial charge in [0.15, 0.2) is 0 Å². The summed E-state index contributed by atoms with van der Waals surface area (Å²) in [6.07, 6.45) is 8.60. The number of ether oxygens (including phenoxy) is 2. The van der Waals surface area contributed by atoms with Crippen molar-refractivity contribution in [2.75, 3.05) is 6.54 Å². The molecule has 1 spiro atoms. The minimum Gasteiger partial charge on any atom is -0.483 e. The molecule has 3 fully saturated rings. The SMILES string of the molecule is Cc1nc2cc(Cl)ccc2c2c1OC1(CC2)CC2C(=O)NC3(C(=O)NS(=O)(=O)C4(C)CC4)CC3C=CCCCCCC(NC(=O)OC(C)(C)C)C(=O)N2C1. The molecule has 4 heterocycles. The second-order valence-corrected chi connectivity index (χ2v) is 19.7. The highest BCUT2D eigenvalue weighted by Crippen LogP contribution is 2.49. The second kappa shape index (κ2) is 13.7. The van der Waals surface area contributed by atoms with Crippen LogP contribution in [-0.2, 0) is 35.6 Å². The summed E-state index contributed by atoms with van der Waals surface area (Å²) in [5.74, 6) is -1.67. The Hall–Kier alpha value is -3.91. The van der Waals surface area contributed by atoms with E-state index in [1.54, 1.807) is 33.8 Å². The number of carbonyl (C=O) groups is 4. The van der Waals surface area contributed by atoms with E-state index in [0.29, 0.717) is 61.4 Å². The Labute approximate surface area is 321 Å². The summed E-state index contributed by atoms with van der Waals surface area (Å²) < 4.78 is 40.0. The molecular formula is C39H50ClN5O8S. The number of carbonyl (C=O) groups excluding carboxylic acids is 4. The number of pyridine rings is 1.